The number of anilines is 1. The quantitative estimate of drug-likeness (QED) is 0.670. The van der Waals surface area contributed by atoms with Crippen LogP contribution < -0.4 is 19.1 Å². The highest BCUT2D eigenvalue weighted by atomic mass is 32.2. The zero-order valence-electron chi connectivity index (χ0n) is 18.6. The van der Waals surface area contributed by atoms with Gasteiger partial charge in [0.25, 0.3) is 5.91 Å². The van der Waals surface area contributed by atoms with Gasteiger partial charge in [-0.15, -0.1) is 0 Å². The summed E-state index contributed by atoms with van der Waals surface area (Å²) in [4.78, 5) is 12.8. The summed E-state index contributed by atoms with van der Waals surface area (Å²) in [6.45, 7) is 7.06. The zero-order chi connectivity index (χ0) is 22.8. The maximum Gasteiger partial charge on any atom is 0.251 e. The smallest absolute Gasteiger partial charge is 0.251 e. The van der Waals surface area contributed by atoms with Crippen molar-refractivity contribution in [3.05, 3.63) is 53.1 Å². The molecule has 0 saturated heterocycles. The van der Waals surface area contributed by atoms with Gasteiger partial charge in [0.2, 0.25) is 10.0 Å². The fourth-order valence-corrected chi connectivity index (χ4v) is 4.51. The van der Waals surface area contributed by atoms with E-state index in [4.69, 9.17) is 9.47 Å². The second kappa shape index (κ2) is 9.18. The molecular formula is C23H30N2O5S. The maximum atomic E-state index is 12.8. The Bertz CT molecular complexity index is 1070. The minimum Gasteiger partial charge on any atom is -0.493 e. The van der Waals surface area contributed by atoms with Gasteiger partial charge in [-0.25, -0.2) is 8.42 Å². The second-order valence-corrected chi connectivity index (χ2v) is 10.1. The normalized spacial score (nSPS) is 14.3. The summed E-state index contributed by atoms with van der Waals surface area (Å²) in [5.74, 6) is 1.48. The molecule has 0 spiro atoms. The molecule has 1 atom stereocenters. The standard InChI is InChI=1S/C23H30N2O5S/c1-15(2)14-30-21-9-7-17(13-22(21)29-4)16(3)24-23(26)19-6-8-20-18(12-19)10-11-25(20)31(5,27)28/h6-9,12-13,15-16H,10-11,14H2,1-5H3,(H,24,26). The summed E-state index contributed by atoms with van der Waals surface area (Å²) >= 11 is 0. The zero-order valence-corrected chi connectivity index (χ0v) is 19.5. The number of ether oxygens (including phenoxy) is 2. The molecule has 8 heteroatoms. The highest BCUT2D eigenvalue weighted by Gasteiger charge is 2.27. The Morgan fingerprint density at radius 1 is 1.13 bits per heavy atom. The summed E-state index contributed by atoms with van der Waals surface area (Å²) in [6.07, 6.45) is 1.78. The van der Waals surface area contributed by atoms with Crippen LogP contribution in [-0.2, 0) is 16.4 Å². The minimum absolute atomic E-state index is 0.216. The van der Waals surface area contributed by atoms with E-state index in [2.05, 4.69) is 19.2 Å². The van der Waals surface area contributed by atoms with Crippen molar-refractivity contribution in [2.24, 2.45) is 5.92 Å². The molecule has 1 N–H and O–H groups in total. The maximum absolute atomic E-state index is 12.8. The molecule has 1 unspecified atom stereocenters. The van der Waals surface area contributed by atoms with E-state index in [-0.39, 0.29) is 11.9 Å². The lowest BCUT2D eigenvalue weighted by molar-refractivity contribution is 0.0939. The Morgan fingerprint density at radius 3 is 2.52 bits per heavy atom. The van der Waals surface area contributed by atoms with E-state index < -0.39 is 10.0 Å². The van der Waals surface area contributed by atoms with E-state index >= 15 is 0 Å². The summed E-state index contributed by atoms with van der Waals surface area (Å²) in [7, 11) is -1.72. The number of amides is 1. The van der Waals surface area contributed by atoms with Crippen LogP contribution in [0, 0.1) is 5.92 Å². The molecule has 0 aromatic heterocycles. The average Bonchev–Trinajstić information content (AvgIpc) is 3.15. The van der Waals surface area contributed by atoms with Gasteiger partial charge in [-0.05, 0) is 60.7 Å². The van der Waals surface area contributed by atoms with Crippen molar-refractivity contribution in [2.45, 2.75) is 33.2 Å². The lowest BCUT2D eigenvalue weighted by atomic mass is 10.1. The highest BCUT2D eigenvalue weighted by molar-refractivity contribution is 7.92. The third-order valence-electron chi connectivity index (χ3n) is 5.20. The van der Waals surface area contributed by atoms with Gasteiger partial charge in [0.1, 0.15) is 0 Å². The molecule has 1 heterocycles. The number of rotatable bonds is 8. The summed E-state index contributed by atoms with van der Waals surface area (Å²) in [5.41, 5.74) is 2.91. The second-order valence-electron chi connectivity index (χ2n) is 8.24. The van der Waals surface area contributed by atoms with Gasteiger partial charge in [0.15, 0.2) is 11.5 Å². The first-order chi connectivity index (χ1) is 14.6. The van der Waals surface area contributed by atoms with E-state index in [9.17, 15) is 13.2 Å². The number of hydrogen-bond donors (Lipinski definition) is 1. The number of sulfonamides is 1. The van der Waals surface area contributed by atoms with Crippen LogP contribution in [0.3, 0.4) is 0 Å². The molecule has 2 aromatic rings. The Hall–Kier alpha value is -2.74. The lowest BCUT2D eigenvalue weighted by Gasteiger charge is -2.18. The summed E-state index contributed by atoms with van der Waals surface area (Å²) in [5, 5.41) is 3.00. The molecule has 0 bridgehead atoms. The van der Waals surface area contributed by atoms with Crippen molar-refractivity contribution in [1.82, 2.24) is 5.32 Å². The summed E-state index contributed by atoms with van der Waals surface area (Å²) < 4.78 is 36.4. The highest BCUT2D eigenvalue weighted by Crippen LogP contribution is 2.32. The summed E-state index contributed by atoms with van der Waals surface area (Å²) in [6, 6.07) is 10.5. The lowest BCUT2D eigenvalue weighted by Crippen LogP contribution is -2.28. The number of nitrogens with zero attached hydrogens (tertiary/aromatic N) is 1. The van der Waals surface area contributed by atoms with Gasteiger partial charge in [-0.3, -0.25) is 9.10 Å². The van der Waals surface area contributed by atoms with Crippen LogP contribution in [0.2, 0.25) is 0 Å². The number of fused-ring (bicyclic) bond motifs is 1. The molecule has 0 saturated carbocycles. The molecule has 168 valence electrons. The number of carbonyl (C=O) groups is 1. The van der Waals surface area contributed by atoms with E-state index in [0.717, 1.165) is 11.1 Å². The largest absolute Gasteiger partial charge is 0.493 e. The number of carbonyl (C=O) groups excluding carboxylic acids is 1. The van der Waals surface area contributed by atoms with Crippen LogP contribution in [0.4, 0.5) is 5.69 Å². The molecule has 31 heavy (non-hydrogen) atoms. The van der Waals surface area contributed by atoms with Gasteiger partial charge < -0.3 is 14.8 Å². The molecule has 2 aromatic carbocycles. The molecule has 3 rings (SSSR count). The third-order valence-corrected chi connectivity index (χ3v) is 6.38. The van der Waals surface area contributed by atoms with E-state index in [1.165, 1.54) is 10.6 Å². The van der Waals surface area contributed by atoms with Crippen LogP contribution in [0.25, 0.3) is 0 Å². The molecular weight excluding hydrogens is 416 g/mol. The van der Waals surface area contributed by atoms with Crippen LogP contribution in [0.15, 0.2) is 36.4 Å². The number of benzene rings is 2. The molecule has 1 aliphatic heterocycles. The first-order valence-corrected chi connectivity index (χ1v) is 12.2. The predicted octanol–water partition coefficient (Wildman–Crippen LogP) is 3.54. The third kappa shape index (κ3) is 5.31. The minimum atomic E-state index is -3.31. The van der Waals surface area contributed by atoms with Crippen molar-refractivity contribution in [1.29, 1.82) is 0 Å². The first-order valence-electron chi connectivity index (χ1n) is 10.3. The van der Waals surface area contributed by atoms with Gasteiger partial charge in [-0.1, -0.05) is 19.9 Å². The average molecular weight is 447 g/mol. The molecule has 1 aliphatic rings. The van der Waals surface area contributed by atoms with Crippen LogP contribution in [-0.4, -0.2) is 40.8 Å². The van der Waals surface area contributed by atoms with Crippen molar-refractivity contribution in [3.8, 4) is 11.5 Å². The Kier molecular flexibility index (Phi) is 6.79. The topological polar surface area (TPSA) is 84.9 Å². The SMILES string of the molecule is COc1cc(C(C)NC(=O)c2ccc3c(c2)CCN3S(C)(=O)=O)ccc1OCC(C)C. The fraction of sp³-hybridized carbons (Fsp3) is 0.435. The predicted molar refractivity (Wildman–Crippen MR) is 122 cm³/mol. The van der Waals surface area contributed by atoms with Gasteiger partial charge in [0, 0.05) is 12.1 Å². The van der Waals surface area contributed by atoms with Crippen molar-refractivity contribution >= 4 is 21.6 Å². The molecule has 7 nitrogen and oxygen atoms in total. The van der Waals surface area contributed by atoms with Crippen molar-refractivity contribution in [3.63, 3.8) is 0 Å². The van der Waals surface area contributed by atoms with Crippen LogP contribution >= 0.6 is 0 Å². The number of hydrogen-bond acceptors (Lipinski definition) is 5. The van der Waals surface area contributed by atoms with Crippen LogP contribution in [0.5, 0.6) is 11.5 Å². The van der Waals surface area contributed by atoms with E-state index in [1.54, 1.807) is 25.3 Å². The van der Waals surface area contributed by atoms with Crippen LogP contribution in [0.1, 0.15) is 48.3 Å². The molecule has 0 aliphatic carbocycles. The van der Waals surface area contributed by atoms with E-state index in [0.29, 0.717) is 48.2 Å². The Morgan fingerprint density at radius 2 is 1.87 bits per heavy atom. The molecule has 0 radical (unpaired) electrons. The monoisotopic (exact) mass is 446 g/mol. The Labute approximate surface area is 184 Å². The number of methoxy groups -OCH3 is 1. The van der Waals surface area contributed by atoms with Gasteiger partial charge >= 0.3 is 0 Å². The first kappa shape index (κ1) is 22.9. The van der Waals surface area contributed by atoms with Gasteiger partial charge in [0.05, 0.1) is 31.7 Å². The number of nitrogens with one attached hydrogen (secondary N) is 1. The van der Waals surface area contributed by atoms with Gasteiger partial charge in [-0.2, -0.15) is 0 Å². The molecule has 0 fully saturated rings. The molecule has 1 amide bonds. The Balaban J connectivity index is 1.72. The van der Waals surface area contributed by atoms with E-state index in [1.807, 2.05) is 25.1 Å². The van der Waals surface area contributed by atoms with Crippen molar-refractivity contribution < 1.29 is 22.7 Å². The fourth-order valence-electron chi connectivity index (χ4n) is 3.55. The van der Waals surface area contributed by atoms with Crippen molar-refractivity contribution in [2.75, 3.05) is 30.8 Å².